The van der Waals surface area contributed by atoms with Gasteiger partial charge in [-0.05, 0) is 43.9 Å². The van der Waals surface area contributed by atoms with Gasteiger partial charge in [0.15, 0.2) is 0 Å². The van der Waals surface area contributed by atoms with E-state index < -0.39 is 20.0 Å². The smallest absolute Gasteiger partial charge is 0.235 e. The molecule has 0 radical (unpaired) electrons. The Balaban J connectivity index is 1.89. The summed E-state index contributed by atoms with van der Waals surface area (Å²) in [6.07, 6.45) is 3.86. The van der Waals surface area contributed by atoms with Crippen LogP contribution in [-0.2, 0) is 20.0 Å². The number of nitrogens with zero attached hydrogens (tertiary/aromatic N) is 1. The summed E-state index contributed by atoms with van der Waals surface area (Å²) in [6, 6.07) is 5.12. The molecular formula is C15H22N2O4S2. The maximum atomic E-state index is 12.5. The van der Waals surface area contributed by atoms with Crippen molar-refractivity contribution in [1.82, 2.24) is 0 Å². The van der Waals surface area contributed by atoms with Gasteiger partial charge in [0.05, 0.1) is 22.4 Å². The predicted octanol–water partition coefficient (Wildman–Crippen LogP) is 2.22. The molecule has 0 bridgehead atoms. The summed E-state index contributed by atoms with van der Waals surface area (Å²) < 4.78 is 53.1. The monoisotopic (exact) mass is 358 g/mol. The van der Waals surface area contributed by atoms with Crippen LogP contribution in [-0.4, -0.2) is 34.4 Å². The van der Waals surface area contributed by atoms with Gasteiger partial charge in [0.2, 0.25) is 20.0 Å². The quantitative estimate of drug-likeness (QED) is 0.894. The molecule has 2 aliphatic rings. The summed E-state index contributed by atoms with van der Waals surface area (Å²) in [5.74, 6) is 0.143. The maximum Gasteiger partial charge on any atom is 0.235 e. The molecule has 128 valence electrons. The zero-order valence-electron chi connectivity index (χ0n) is 13.2. The van der Waals surface area contributed by atoms with Crippen LogP contribution in [0.2, 0.25) is 0 Å². The van der Waals surface area contributed by atoms with Crippen molar-refractivity contribution in [1.29, 1.82) is 0 Å². The fraction of sp³-hybridized carbons (Fsp3) is 0.600. The lowest BCUT2D eigenvalue weighted by Gasteiger charge is -2.20. The highest BCUT2D eigenvalue weighted by Crippen LogP contribution is 2.31. The van der Waals surface area contributed by atoms with Crippen molar-refractivity contribution in [3.8, 4) is 0 Å². The van der Waals surface area contributed by atoms with Crippen LogP contribution >= 0.6 is 0 Å². The molecular weight excluding hydrogens is 336 g/mol. The van der Waals surface area contributed by atoms with Gasteiger partial charge in [0, 0.05) is 6.54 Å². The average molecular weight is 358 g/mol. The molecule has 1 aliphatic heterocycles. The van der Waals surface area contributed by atoms with E-state index in [1.54, 1.807) is 18.2 Å². The van der Waals surface area contributed by atoms with Gasteiger partial charge in [-0.2, -0.15) is 0 Å². The van der Waals surface area contributed by atoms with Gasteiger partial charge in [-0.25, -0.2) is 16.8 Å². The van der Waals surface area contributed by atoms with E-state index in [-0.39, 0.29) is 11.0 Å². The molecule has 1 aromatic carbocycles. The maximum absolute atomic E-state index is 12.5. The highest BCUT2D eigenvalue weighted by Gasteiger charge is 2.31. The molecule has 0 aromatic heterocycles. The van der Waals surface area contributed by atoms with Crippen molar-refractivity contribution in [3.05, 3.63) is 23.8 Å². The first-order valence-electron chi connectivity index (χ1n) is 7.92. The molecule has 3 rings (SSSR count). The molecule has 1 N–H and O–H groups in total. The standard InChI is InChI=1S/C15H22N2O4S2/c1-12-7-8-13(17-9-4-10-22(17,18)19)11-15(12)16-23(20,21)14-5-2-3-6-14/h7-8,11,14,16H,2-6,9-10H2,1H3. The highest BCUT2D eigenvalue weighted by atomic mass is 32.2. The second-order valence-electron chi connectivity index (χ2n) is 6.29. The molecule has 1 saturated heterocycles. The van der Waals surface area contributed by atoms with E-state index in [4.69, 9.17) is 0 Å². The third kappa shape index (κ3) is 3.33. The fourth-order valence-corrected chi connectivity index (χ4v) is 6.44. The molecule has 23 heavy (non-hydrogen) atoms. The van der Waals surface area contributed by atoms with Gasteiger partial charge < -0.3 is 0 Å². The van der Waals surface area contributed by atoms with Crippen molar-refractivity contribution >= 4 is 31.4 Å². The summed E-state index contributed by atoms with van der Waals surface area (Å²) in [5, 5.41) is -0.346. The predicted molar refractivity (Wildman–Crippen MR) is 91.7 cm³/mol. The Hall–Kier alpha value is -1.28. The number of benzene rings is 1. The molecule has 1 aliphatic carbocycles. The van der Waals surface area contributed by atoms with Crippen LogP contribution in [0.15, 0.2) is 18.2 Å². The lowest BCUT2D eigenvalue weighted by atomic mass is 10.2. The second-order valence-corrected chi connectivity index (χ2v) is 10.3. The largest absolute Gasteiger partial charge is 0.283 e. The van der Waals surface area contributed by atoms with E-state index in [9.17, 15) is 16.8 Å². The molecule has 0 amide bonds. The summed E-state index contributed by atoms with van der Waals surface area (Å²) >= 11 is 0. The molecule has 0 unspecified atom stereocenters. The second kappa shape index (κ2) is 5.98. The molecule has 8 heteroatoms. The minimum Gasteiger partial charge on any atom is -0.283 e. The van der Waals surface area contributed by atoms with E-state index in [2.05, 4.69) is 4.72 Å². The van der Waals surface area contributed by atoms with Crippen molar-refractivity contribution in [2.45, 2.75) is 44.3 Å². The van der Waals surface area contributed by atoms with Crippen molar-refractivity contribution < 1.29 is 16.8 Å². The van der Waals surface area contributed by atoms with Gasteiger partial charge in [-0.1, -0.05) is 18.9 Å². The molecule has 0 spiro atoms. The van der Waals surface area contributed by atoms with Gasteiger partial charge in [0.25, 0.3) is 0 Å². The SMILES string of the molecule is Cc1ccc(N2CCCS2(=O)=O)cc1NS(=O)(=O)C1CCCC1. The number of nitrogens with one attached hydrogen (secondary N) is 1. The Labute approximate surface area is 138 Å². The number of rotatable bonds is 4. The van der Waals surface area contributed by atoms with Crippen LogP contribution in [0.1, 0.15) is 37.7 Å². The Morgan fingerprint density at radius 1 is 1.17 bits per heavy atom. The zero-order valence-corrected chi connectivity index (χ0v) is 14.8. The van der Waals surface area contributed by atoms with Crippen molar-refractivity contribution in [3.63, 3.8) is 0 Å². The topological polar surface area (TPSA) is 83.6 Å². The average Bonchev–Trinajstić information content (AvgIpc) is 3.10. The van der Waals surface area contributed by atoms with Crippen molar-refractivity contribution in [2.24, 2.45) is 0 Å². The van der Waals surface area contributed by atoms with E-state index in [0.717, 1.165) is 18.4 Å². The van der Waals surface area contributed by atoms with Crippen LogP contribution in [0.25, 0.3) is 0 Å². The molecule has 0 atom stereocenters. The molecule has 1 aromatic rings. The first kappa shape index (κ1) is 16.6. The minimum absolute atomic E-state index is 0.143. The summed E-state index contributed by atoms with van der Waals surface area (Å²) in [7, 11) is -6.70. The highest BCUT2D eigenvalue weighted by molar-refractivity contribution is 7.93. The van der Waals surface area contributed by atoms with Gasteiger partial charge in [0.1, 0.15) is 0 Å². The van der Waals surface area contributed by atoms with E-state index in [0.29, 0.717) is 37.2 Å². The first-order valence-corrected chi connectivity index (χ1v) is 11.1. The third-order valence-corrected chi connectivity index (χ3v) is 8.32. The van der Waals surface area contributed by atoms with Crippen LogP contribution in [0, 0.1) is 6.92 Å². The Morgan fingerprint density at radius 3 is 2.48 bits per heavy atom. The van der Waals surface area contributed by atoms with Gasteiger partial charge in [-0.15, -0.1) is 0 Å². The van der Waals surface area contributed by atoms with Crippen LogP contribution in [0.3, 0.4) is 0 Å². The summed E-state index contributed by atoms with van der Waals surface area (Å²) in [6.45, 7) is 2.26. The van der Waals surface area contributed by atoms with E-state index in [1.807, 2.05) is 6.92 Å². The number of anilines is 2. The minimum atomic E-state index is -3.42. The number of hydrogen-bond donors (Lipinski definition) is 1. The van der Waals surface area contributed by atoms with E-state index >= 15 is 0 Å². The molecule has 1 heterocycles. The lowest BCUT2D eigenvalue weighted by molar-refractivity contribution is 0.585. The lowest BCUT2D eigenvalue weighted by Crippen LogP contribution is -2.27. The Bertz CT molecular complexity index is 797. The van der Waals surface area contributed by atoms with E-state index in [1.165, 1.54) is 4.31 Å². The molecule has 6 nitrogen and oxygen atoms in total. The third-order valence-electron chi connectivity index (χ3n) is 4.60. The normalized spacial score (nSPS) is 21.7. The summed E-state index contributed by atoms with van der Waals surface area (Å²) in [4.78, 5) is 0. The van der Waals surface area contributed by atoms with Gasteiger partial charge in [-0.3, -0.25) is 9.03 Å². The molecule has 1 saturated carbocycles. The summed E-state index contributed by atoms with van der Waals surface area (Å²) in [5.41, 5.74) is 1.78. The Kier molecular flexibility index (Phi) is 4.31. The first-order chi connectivity index (χ1) is 10.8. The van der Waals surface area contributed by atoms with Crippen molar-refractivity contribution in [2.75, 3.05) is 21.3 Å². The van der Waals surface area contributed by atoms with Crippen LogP contribution in [0.5, 0.6) is 0 Å². The zero-order chi connectivity index (χ0) is 16.7. The van der Waals surface area contributed by atoms with Crippen LogP contribution in [0.4, 0.5) is 11.4 Å². The fourth-order valence-electron chi connectivity index (χ4n) is 3.24. The number of aryl methyl sites for hydroxylation is 1. The van der Waals surface area contributed by atoms with Gasteiger partial charge >= 0.3 is 0 Å². The Morgan fingerprint density at radius 2 is 1.87 bits per heavy atom. The van der Waals surface area contributed by atoms with Crippen LogP contribution < -0.4 is 9.03 Å². The molecule has 2 fully saturated rings. The number of sulfonamides is 2. The number of hydrogen-bond acceptors (Lipinski definition) is 4.